The Morgan fingerprint density at radius 2 is 2.16 bits per heavy atom. The third-order valence-electron chi connectivity index (χ3n) is 3.71. The Balaban J connectivity index is 2.01. The van der Waals surface area contributed by atoms with Crippen LogP contribution in [0.2, 0.25) is 0 Å². The molecule has 1 aliphatic heterocycles. The summed E-state index contributed by atoms with van der Waals surface area (Å²) in [6.45, 7) is 3.72. The lowest BCUT2D eigenvalue weighted by Crippen LogP contribution is -2.48. The predicted molar refractivity (Wildman–Crippen MR) is 73.8 cm³/mol. The van der Waals surface area contributed by atoms with Crippen molar-refractivity contribution in [2.24, 2.45) is 0 Å². The van der Waals surface area contributed by atoms with Gasteiger partial charge >= 0.3 is 0 Å². The Morgan fingerprint density at radius 1 is 1.37 bits per heavy atom. The molecule has 106 valence electrons. The van der Waals surface area contributed by atoms with E-state index in [9.17, 15) is 8.78 Å². The van der Waals surface area contributed by atoms with Crippen molar-refractivity contribution >= 4 is 0 Å². The van der Waals surface area contributed by atoms with Gasteiger partial charge in [-0.25, -0.2) is 8.78 Å². The smallest absolute Gasteiger partial charge is 0.250 e. The summed E-state index contributed by atoms with van der Waals surface area (Å²) in [6, 6.07) is 8.65. The SMILES string of the molecule is Cc1cccc(C2CC(NCC(F)F)CN(C)C2)c1. The third kappa shape index (κ3) is 4.25. The molecule has 0 radical (unpaired) electrons. The van der Waals surface area contributed by atoms with Crippen molar-refractivity contribution in [3.8, 4) is 0 Å². The summed E-state index contributed by atoms with van der Waals surface area (Å²) in [5, 5.41) is 2.97. The minimum absolute atomic E-state index is 0.151. The van der Waals surface area contributed by atoms with Crippen LogP contribution in [-0.4, -0.2) is 44.0 Å². The van der Waals surface area contributed by atoms with Crippen molar-refractivity contribution in [2.45, 2.75) is 31.7 Å². The van der Waals surface area contributed by atoms with Crippen LogP contribution in [0.25, 0.3) is 0 Å². The fourth-order valence-corrected chi connectivity index (χ4v) is 2.89. The zero-order chi connectivity index (χ0) is 13.8. The molecule has 19 heavy (non-hydrogen) atoms. The van der Waals surface area contributed by atoms with Gasteiger partial charge in [0.2, 0.25) is 0 Å². The van der Waals surface area contributed by atoms with Gasteiger partial charge in [-0.3, -0.25) is 0 Å². The first-order valence-corrected chi connectivity index (χ1v) is 6.81. The number of halogens is 2. The molecular formula is C15H22F2N2. The molecule has 4 heteroatoms. The first-order valence-electron chi connectivity index (χ1n) is 6.81. The summed E-state index contributed by atoms with van der Waals surface area (Å²) >= 11 is 0. The van der Waals surface area contributed by atoms with Crippen LogP contribution in [0.4, 0.5) is 8.78 Å². The number of likely N-dealkylation sites (N-methyl/N-ethyl adjacent to an activating group) is 1. The van der Waals surface area contributed by atoms with Crippen molar-refractivity contribution in [3.63, 3.8) is 0 Å². The summed E-state index contributed by atoms with van der Waals surface area (Å²) in [5.74, 6) is 0.425. The van der Waals surface area contributed by atoms with Crippen molar-refractivity contribution in [1.82, 2.24) is 10.2 Å². The first-order chi connectivity index (χ1) is 9.04. The maximum atomic E-state index is 12.3. The van der Waals surface area contributed by atoms with Crippen molar-refractivity contribution in [2.75, 3.05) is 26.7 Å². The van der Waals surface area contributed by atoms with E-state index in [0.717, 1.165) is 19.5 Å². The molecule has 2 atom stereocenters. The summed E-state index contributed by atoms with van der Waals surface area (Å²) in [7, 11) is 2.05. The van der Waals surface area contributed by atoms with Crippen LogP contribution in [0.3, 0.4) is 0 Å². The van der Waals surface area contributed by atoms with E-state index in [2.05, 4.69) is 48.5 Å². The molecule has 1 fully saturated rings. The zero-order valence-electron chi connectivity index (χ0n) is 11.6. The van der Waals surface area contributed by atoms with E-state index < -0.39 is 6.43 Å². The molecule has 1 heterocycles. The van der Waals surface area contributed by atoms with E-state index in [1.165, 1.54) is 11.1 Å². The number of likely N-dealkylation sites (tertiary alicyclic amines) is 1. The molecular weight excluding hydrogens is 246 g/mol. The van der Waals surface area contributed by atoms with E-state index in [0.29, 0.717) is 5.92 Å². The van der Waals surface area contributed by atoms with Gasteiger partial charge in [-0.05, 0) is 31.9 Å². The summed E-state index contributed by atoms with van der Waals surface area (Å²) in [5.41, 5.74) is 2.57. The second-order valence-electron chi connectivity index (χ2n) is 5.56. The molecule has 1 aliphatic rings. The zero-order valence-corrected chi connectivity index (χ0v) is 11.6. The van der Waals surface area contributed by atoms with Crippen LogP contribution in [0.15, 0.2) is 24.3 Å². The highest BCUT2D eigenvalue weighted by Gasteiger charge is 2.26. The van der Waals surface area contributed by atoms with Gasteiger partial charge in [0, 0.05) is 19.1 Å². The fourth-order valence-electron chi connectivity index (χ4n) is 2.89. The van der Waals surface area contributed by atoms with Crippen molar-refractivity contribution < 1.29 is 8.78 Å². The number of nitrogens with one attached hydrogen (secondary N) is 1. The van der Waals surface area contributed by atoms with Gasteiger partial charge in [0.25, 0.3) is 6.43 Å². The predicted octanol–water partition coefficient (Wildman–Crippen LogP) is 2.64. The Kier molecular flexibility index (Phi) is 4.88. The molecule has 1 saturated heterocycles. The van der Waals surface area contributed by atoms with Crippen molar-refractivity contribution in [3.05, 3.63) is 35.4 Å². The molecule has 2 rings (SSSR count). The minimum atomic E-state index is -2.27. The van der Waals surface area contributed by atoms with Gasteiger partial charge in [0.05, 0.1) is 6.54 Å². The van der Waals surface area contributed by atoms with Gasteiger partial charge in [0.1, 0.15) is 0 Å². The Labute approximate surface area is 113 Å². The van der Waals surface area contributed by atoms with Gasteiger partial charge in [0.15, 0.2) is 0 Å². The van der Waals surface area contributed by atoms with E-state index in [1.54, 1.807) is 0 Å². The second kappa shape index (κ2) is 6.44. The molecule has 0 bridgehead atoms. The van der Waals surface area contributed by atoms with E-state index in [-0.39, 0.29) is 12.6 Å². The Hall–Kier alpha value is -1.00. The molecule has 1 aromatic rings. The number of rotatable bonds is 4. The lowest BCUT2D eigenvalue weighted by atomic mass is 9.87. The minimum Gasteiger partial charge on any atom is -0.307 e. The maximum absolute atomic E-state index is 12.3. The number of hydrogen-bond acceptors (Lipinski definition) is 2. The lowest BCUT2D eigenvalue weighted by molar-refractivity contribution is 0.127. The number of piperidine rings is 1. The van der Waals surface area contributed by atoms with Crippen LogP contribution in [0, 0.1) is 6.92 Å². The quantitative estimate of drug-likeness (QED) is 0.903. The lowest BCUT2D eigenvalue weighted by Gasteiger charge is -2.36. The molecule has 0 amide bonds. The molecule has 0 saturated carbocycles. The van der Waals surface area contributed by atoms with Crippen LogP contribution in [0.5, 0.6) is 0 Å². The van der Waals surface area contributed by atoms with Crippen LogP contribution in [-0.2, 0) is 0 Å². The van der Waals surface area contributed by atoms with E-state index >= 15 is 0 Å². The van der Waals surface area contributed by atoms with Crippen LogP contribution in [0.1, 0.15) is 23.5 Å². The highest BCUT2D eigenvalue weighted by Crippen LogP contribution is 2.27. The topological polar surface area (TPSA) is 15.3 Å². The second-order valence-corrected chi connectivity index (χ2v) is 5.56. The number of hydrogen-bond donors (Lipinski definition) is 1. The summed E-state index contributed by atoms with van der Waals surface area (Å²) < 4.78 is 24.6. The monoisotopic (exact) mass is 268 g/mol. The number of aryl methyl sites for hydroxylation is 1. The normalized spacial score (nSPS) is 24.9. The van der Waals surface area contributed by atoms with Gasteiger partial charge < -0.3 is 10.2 Å². The Bertz CT molecular complexity index is 409. The van der Waals surface area contributed by atoms with E-state index in [4.69, 9.17) is 0 Å². The summed E-state index contributed by atoms with van der Waals surface area (Å²) in [4.78, 5) is 2.22. The standard InChI is InChI=1S/C15H22F2N2/c1-11-4-3-5-12(6-11)13-7-14(10-19(2)9-13)18-8-15(16)17/h3-6,13-15,18H,7-10H2,1-2H3. The van der Waals surface area contributed by atoms with Gasteiger partial charge in [-0.15, -0.1) is 0 Å². The van der Waals surface area contributed by atoms with Crippen LogP contribution < -0.4 is 5.32 Å². The van der Waals surface area contributed by atoms with E-state index in [1.807, 2.05) is 0 Å². The highest BCUT2D eigenvalue weighted by atomic mass is 19.3. The molecule has 2 unspecified atom stereocenters. The number of benzene rings is 1. The molecule has 1 N–H and O–H groups in total. The first kappa shape index (κ1) is 14.4. The molecule has 0 aliphatic carbocycles. The number of nitrogens with zero attached hydrogens (tertiary/aromatic N) is 1. The van der Waals surface area contributed by atoms with Gasteiger partial charge in [-0.1, -0.05) is 29.8 Å². The third-order valence-corrected chi connectivity index (χ3v) is 3.71. The average molecular weight is 268 g/mol. The molecule has 0 spiro atoms. The van der Waals surface area contributed by atoms with Crippen molar-refractivity contribution in [1.29, 1.82) is 0 Å². The summed E-state index contributed by atoms with van der Waals surface area (Å²) in [6.07, 6.45) is -1.34. The largest absolute Gasteiger partial charge is 0.307 e. The molecule has 0 aromatic heterocycles. The van der Waals surface area contributed by atoms with Crippen LogP contribution >= 0.6 is 0 Å². The highest BCUT2D eigenvalue weighted by molar-refractivity contribution is 5.26. The fraction of sp³-hybridized carbons (Fsp3) is 0.600. The maximum Gasteiger partial charge on any atom is 0.250 e. The number of alkyl halides is 2. The van der Waals surface area contributed by atoms with Gasteiger partial charge in [-0.2, -0.15) is 0 Å². The molecule has 1 aromatic carbocycles. The Morgan fingerprint density at radius 3 is 2.84 bits per heavy atom. The molecule has 2 nitrogen and oxygen atoms in total. The average Bonchev–Trinajstić information content (AvgIpc) is 2.36.